The molecule has 1 unspecified atom stereocenters. The molecule has 4 N–H and O–H groups in total. The van der Waals surface area contributed by atoms with Gasteiger partial charge >= 0.3 is 0 Å². The van der Waals surface area contributed by atoms with Crippen LogP contribution in [0.1, 0.15) is 18.4 Å². The first kappa shape index (κ1) is 19.6. The number of halogens is 1. The number of amides is 3. The highest BCUT2D eigenvalue weighted by Crippen LogP contribution is 2.36. The lowest BCUT2D eigenvalue weighted by Gasteiger charge is -2.49. The fraction of sp³-hybridized carbons (Fsp3) is 0.526. The van der Waals surface area contributed by atoms with Crippen molar-refractivity contribution >= 4 is 29.3 Å². The quantitative estimate of drug-likeness (QED) is 0.729. The first-order valence-electron chi connectivity index (χ1n) is 9.13. The van der Waals surface area contributed by atoms with Crippen molar-refractivity contribution in [2.75, 3.05) is 32.7 Å². The van der Waals surface area contributed by atoms with Crippen LogP contribution in [0.2, 0.25) is 5.02 Å². The summed E-state index contributed by atoms with van der Waals surface area (Å²) >= 11 is 5.91. The Morgan fingerprint density at radius 3 is 2.41 bits per heavy atom. The van der Waals surface area contributed by atoms with E-state index in [1.807, 2.05) is 17.0 Å². The zero-order valence-corrected chi connectivity index (χ0v) is 16.0. The van der Waals surface area contributed by atoms with E-state index in [0.29, 0.717) is 31.1 Å². The number of nitrogens with zero attached hydrogens (tertiary/aromatic N) is 2. The Morgan fingerprint density at radius 2 is 1.81 bits per heavy atom. The minimum atomic E-state index is -0.731. The Balaban J connectivity index is 1.61. The first-order chi connectivity index (χ1) is 12.8. The van der Waals surface area contributed by atoms with Crippen molar-refractivity contribution in [3.05, 3.63) is 34.9 Å². The normalized spacial score (nSPS) is 22.1. The highest BCUT2D eigenvalue weighted by atomic mass is 35.5. The summed E-state index contributed by atoms with van der Waals surface area (Å²) in [6.45, 7) is 2.13. The van der Waals surface area contributed by atoms with Gasteiger partial charge in [-0.25, -0.2) is 0 Å². The largest absolute Gasteiger partial charge is 0.369 e. The molecule has 8 heteroatoms. The second-order valence-electron chi connectivity index (χ2n) is 7.68. The summed E-state index contributed by atoms with van der Waals surface area (Å²) in [4.78, 5) is 39.7. The summed E-state index contributed by atoms with van der Waals surface area (Å²) in [5, 5.41) is 0.634. The van der Waals surface area contributed by atoms with Crippen molar-refractivity contribution in [2.45, 2.75) is 19.3 Å². The van der Waals surface area contributed by atoms with Crippen molar-refractivity contribution in [2.24, 2.45) is 22.8 Å². The molecule has 1 atom stereocenters. The molecular weight excluding hydrogens is 368 g/mol. The predicted molar refractivity (Wildman–Crippen MR) is 102 cm³/mol. The SMILES string of the molecule is NC(=O)CN1CCCC(C(=O)N2CC(Cc3ccc(Cl)cc3)(C(N)=O)C2)C1. The van der Waals surface area contributed by atoms with Crippen LogP contribution < -0.4 is 11.5 Å². The monoisotopic (exact) mass is 392 g/mol. The average Bonchev–Trinajstić information content (AvgIpc) is 2.58. The third-order valence-corrected chi connectivity index (χ3v) is 5.76. The molecule has 0 spiro atoms. The van der Waals surface area contributed by atoms with Crippen LogP contribution in [0.15, 0.2) is 24.3 Å². The van der Waals surface area contributed by atoms with Crippen LogP contribution in [-0.4, -0.2) is 60.2 Å². The van der Waals surface area contributed by atoms with Crippen molar-refractivity contribution in [1.29, 1.82) is 0 Å². The molecule has 3 rings (SSSR count). The number of piperidine rings is 1. The van der Waals surface area contributed by atoms with Gasteiger partial charge in [-0.05, 0) is 43.5 Å². The molecule has 2 aliphatic rings. The molecule has 146 valence electrons. The highest BCUT2D eigenvalue weighted by molar-refractivity contribution is 6.30. The summed E-state index contributed by atoms with van der Waals surface area (Å²) in [6.07, 6.45) is 2.12. The molecule has 0 saturated carbocycles. The summed E-state index contributed by atoms with van der Waals surface area (Å²) < 4.78 is 0. The average molecular weight is 393 g/mol. The Morgan fingerprint density at radius 1 is 1.15 bits per heavy atom. The summed E-state index contributed by atoms with van der Waals surface area (Å²) in [7, 11) is 0. The molecule has 0 aromatic heterocycles. The lowest BCUT2D eigenvalue weighted by atomic mass is 9.73. The molecule has 3 amide bonds. The van der Waals surface area contributed by atoms with Crippen LogP contribution in [0.5, 0.6) is 0 Å². The molecular formula is C19H25ClN4O3. The van der Waals surface area contributed by atoms with Gasteiger partial charge in [-0.3, -0.25) is 19.3 Å². The zero-order chi connectivity index (χ0) is 19.6. The number of likely N-dealkylation sites (tertiary alicyclic amines) is 2. The van der Waals surface area contributed by atoms with Crippen LogP contribution in [0.4, 0.5) is 0 Å². The van der Waals surface area contributed by atoms with E-state index in [1.54, 1.807) is 17.0 Å². The van der Waals surface area contributed by atoms with Gasteiger partial charge in [0, 0.05) is 24.7 Å². The first-order valence-corrected chi connectivity index (χ1v) is 9.51. The summed E-state index contributed by atoms with van der Waals surface area (Å²) in [5.41, 5.74) is 11.2. The van der Waals surface area contributed by atoms with Crippen molar-refractivity contribution < 1.29 is 14.4 Å². The second-order valence-corrected chi connectivity index (χ2v) is 8.12. The van der Waals surface area contributed by atoms with Crippen LogP contribution in [0, 0.1) is 11.3 Å². The summed E-state index contributed by atoms with van der Waals surface area (Å²) in [5.74, 6) is -0.917. The number of carbonyl (C=O) groups is 3. The fourth-order valence-electron chi connectivity index (χ4n) is 4.07. The minimum absolute atomic E-state index is 0.0251. The van der Waals surface area contributed by atoms with E-state index in [0.717, 1.165) is 24.9 Å². The summed E-state index contributed by atoms with van der Waals surface area (Å²) in [6, 6.07) is 7.31. The number of hydrogen-bond acceptors (Lipinski definition) is 4. The standard InChI is InChI=1S/C19H25ClN4O3/c20-15-5-3-13(4-6-15)8-19(18(22)27)11-24(12-19)17(26)14-2-1-7-23(9-14)10-16(21)25/h3-6,14H,1-2,7-12H2,(H2,21,25)(H2,22,27). The zero-order valence-electron chi connectivity index (χ0n) is 15.2. The Labute approximate surface area is 163 Å². The third kappa shape index (κ3) is 4.42. The molecule has 1 aromatic carbocycles. The molecule has 27 heavy (non-hydrogen) atoms. The molecule has 2 saturated heterocycles. The van der Waals surface area contributed by atoms with Gasteiger partial charge in [0.1, 0.15) is 0 Å². The molecule has 7 nitrogen and oxygen atoms in total. The lowest BCUT2D eigenvalue weighted by Crippen LogP contribution is -2.66. The molecule has 0 radical (unpaired) electrons. The maximum Gasteiger partial charge on any atom is 0.231 e. The van der Waals surface area contributed by atoms with Gasteiger partial charge in [0.2, 0.25) is 17.7 Å². The van der Waals surface area contributed by atoms with Crippen molar-refractivity contribution in [1.82, 2.24) is 9.80 Å². The van der Waals surface area contributed by atoms with Crippen LogP contribution in [0.3, 0.4) is 0 Å². The number of benzene rings is 1. The molecule has 2 heterocycles. The van der Waals surface area contributed by atoms with E-state index in [2.05, 4.69) is 0 Å². The van der Waals surface area contributed by atoms with E-state index < -0.39 is 5.41 Å². The number of hydrogen-bond donors (Lipinski definition) is 2. The smallest absolute Gasteiger partial charge is 0.231 e. The van der Waals surface area contributed by atoms with E-state index in [-0.39, 0.29) is 30.2 Å². The number of primary amides is 2. The molecule has 1 aromatic rings. The number of carbonyl (C=O) groups excluding carboxylic acids is 3. The van der Waals surface area contributed by atoms with Gasteiger partial charge in [0.05, 0.1) is 17.9 Å². The van der Waals surface area contributed by atoms with Crippen molar-refractivity contribution in [3.8, 4) is 0 Å². The maximum absolute atomic E-state index is 12.8. The van der Waals surface area contributed by atoms with E-state index in [4.69, 9.17) is 23.1 Å². The van der Waals surface area contributed by atoms with Gasteiger partial charge < -0.3 is 16.4 Å². The number of rotatable bonds is 6. The van der Waals surface area contributed by atoms with E-state index >= 15 is 0 Å². The van der Waals surface area contributed by atoms with E-state index in [9.17, 15) is 14.4 Å². The fourth-order valence-corrected chi connectivity index (χ4v) is 4.19. The molecule has 0 aliphatic carbocycles. The van der Waals surface area contributed by atoms with Crippen LogP contribution in [-0.2, 0) is 20.8 Å². The second kappa shape index (κ2) is 7.86. The third-order valence-electron chi connectivity index (χ3n) is 5.51. The van der Waals surface area contributed by atoms with Crippen molar-refractivity contribution in [3.63, 3.8) is 0 Å². The van der Waals surface area contributed by atoms with Gasteiger partial charge in [0.25, 0.3) is 0 Å². The maximum atomic E-state index is 12.8. The predicted octanol–water partition coefficient (Wildman–Crippen LogP) is 0.394. The topological polar surface area (TPSA) is 110 Å². The van der Waals surface area contributed by atoms with Crippen LogP contribution in [0.25, 0.3) is 0 Å². The Kier molecular flexibility index (Phi) is 5.72. The number of nitrogens with two attached hydrogens (primary N) is 2. The van der Waals surface area contributed by atoms with Gasteiger partial charge in [-0.2, -0.15) is 0 Å². The molecule has 0 bridgehead atoms. The van der Waals surface area contributed by atoms with Gasteiger partial charge in [-0.1, -0.05) is 23.7 Å². The van der Waals surface area contributed by atoms with Crippen LogP contribution >= 0.6 is 11.6 Å². The highest BCUT2D eigenvalue weighted by Gasteiger charge is 2.50. The van der Waals surface area contributed by atoms with E-state index in [1.165, 1.54) is 0 Å². The van der Waals surface area contributed by atoms with Gasteiger partial charge in [0.15, 0.2) is 0 Å². The van der Waals surface area contributed by atoms with Gasteiger partial charge in [-0.15, -0.1) is 0 Å². The molecule has 2 aliphatic heterocycles. The molecule has 2 fully saturated rings. The lowest BCUT2D eigenvalue weighted by molar-refractivity contribution is -0.156. The Bertz CT molecular complexity index is 731. The Hall–Kier alpha value is -2.12. The minimum Gasteiger partial charge on any atom is -0.369 e.